The van der Waals surface area contributed by atoms with Crippen molar-refractivity contribution in [1.82, 2.24) is 0 Å². The van der Waals surface area contributed by atoms with Crippen LogP contribution in [0.3, 0.4) is 0 Å². The predicted molar refractivity (Wildman–Crippen MR) is 73.4 cm³/mol. The average molecular weight is 256 g/mol. The third-order valence-corrected chi connectivity index (χ3v) is 2.84. The molecule has 2 rings (SSSR count). The summed E-state index contributed by atoms with van der Waals surface area (Å²) in [6.45, 7) is 2.00. The van der Waals surface area contributed by atoms with E-state index in [0.29, 0.717) is 12.2 Å². The van der Waals surface area contributed by atoms with E-state index in [1.54, 1.807) is 12.1 Å². The number of benzene rings is 2. The van der Waals surface area contributed by atoms with Crippen LogP contribution in [0.2, 0.25) is 0 Å². The van der Waals surface area contributed by atoms with Crippen molar-refractivity contribution in [2.24, 2.45) is 0 Å². The minimum absolute atomic E-state index is 0.352. The lowest BCUT2D eigenvalue weighted by molar-refractivity contribution is -0.145. The molecule has 1 atom stereocenters. The lowest BCUT2D eigenvalue weighted by Crippen LogP contribution is -2.29. The van der Waals surface area contributed by atoms with Crippen molar-refractivity contribution in [2.45, 2.75) is 19.4 Å². The molecule has 0 unspecified atom stereocenters. The molecular formula is C16H16O3. The van der Waals surface area contributed by atoms with Gasteiger partial charge in [-0.15, -0.1) is 0 Å². The van der Waals surface area contributed by atoms with Gasteiger partial charge in [-0.25, -0.2) is 4.79 Å². The van der Waals surface area contributed by atoms with E-state index in [1.165, 1.54) is 0 Å². The van der Waals surface area contributed by atoms with Gasteiger partial charge in [-0.05, 0) is 24.6 Å². The fourth-order valence-corrected chi connectivity index (χ4v) is 1.78. The molecule has 19 heavy (non-hydrogen) atoms. The highest BCUT2D eigenvalue weighted by molar-refractivity contribution is 5.73. The zero-order chi connectivity index (χ0) is 13.7. The monoisotopic (exact) mass is 256 g/mol. The van der Waals surface area contributed by atoms with Crippen LogP contribution in [0, 0.1) is 6.92 Å². The largest absolute Gasteiger partial charge is 0.478 e. The standard InChI is InChI=1S/C16H16O3/c1-12-7-9-13(10-8-12)11-15(16(17)18)19-14-5-3-2-4-6-14/h2-10,15H,11H2,1H3,(H,17,18)/t15-/m1/s1. The number of para-hydroxylation sites is 1. The van der Waals surface area contributed by atoms with Crippen molar-refractivity contribution in [3.8, 4) is 5.75 Å². The van der Waals surface area contributed by atoms with Crippen LogP contribution in [0.25, 0.3) is 0 Å². The molecule has 0 bridgehead atoms. The SMILES string of the molecule is Cc1ccc(C[C@@H](Oc2ccccc2)C(=O)O)cc1. The zero-order valence-corrected chi connectivity index (χ0v) is 10.7. The molecule has 3 heteroatoms. The quantitative estimate of drug-likeness (QED) is 0.894. The maximum atomic E-state index is 11.3. The van der Waals surface area contributed by atoms with Crippen LogP contribution in [-0.2, 0) is 11.2 Å². The van der Waals surface area contributed by atoms with Gasteiger partial charge in [0, 0.05) is 6.42 Å². The first-order valence-corrected chi connectivity index (χ1v) is 6.15. The van der Waals surface area contributed by atoms with Gasteiger partial charge in [0.25, 0.3) is 0 Å². The summed E-state index contributed by atoms with van der Waals surface area (Å²) in [5, 5.41) is 9.23. The first kappa shape index (κ1) is 13.1. The summed E-state index contributed by atoms with van der Waals surface area (Å²) >= 11 is 0. The highest BCUT2D eigenvalue weighted by Gasteiger charge is 2.19. The molecule has 0 fully saturated rings. The molecule has 0 aromatic heterocycles. The Morgan fingerprint density at radius 3 is 2.32 bits per heavy atom. The third-order valence-electron chi connectivity index (χ3n) is 2.84. The fraction of sp³-hybridized carbons (Fsp3) is 0.188. The highest BCUT2D eigenvalue weighted by Crippen LogP contribution is 2.14. The van der Waals surface area contributed by atoms with Gasteiger partial charge in [0.1, 0.15) is 5.75 Å². The van der Waals surface area contributed by atoms with E-state index < -0.39 is 12.1 Å². The van der Waals surface area contributed by atoms with E-state index in [9.17, 15) is 9.90 Å². The van der Waals surface area contributed by atoms with Crippen LogP contribution in [0.15, 0.2) is 54.6 Å². The maximum absolute atomic E-state index is 11.3. The number of aryl methyl sites for hydroxylation is 1. The van der Waals surface area contributed by atoms with Crippen LogP contribution in [0.1, 0.15) is 11.1 Å². The van der Waals surface area contributed by atoms with Crippen molar-refractivity contribution in [3.05, 3.63) is 65.7 Å². The Balaban J connectivity index is 2.08. The van der Waals surface area contributed by atoms with Gasteiger partial charge in [0.05, 0.1) is 0 Å². The molecule has 98 valence electrons. The van der Waals surface area contributed by atoms with E-state index in [4.69, 9.17) is 4.74 Å². The average Bonchev–Trinajstić information content (AvgIpc) is 2.41. The van der Waals surface area contributed by atoms with E-state index >= 15 is 0 Å². The Morgan fingerprint density at radius 2 is 1.74 bits per heavy atom. The molecule has 0 saturated heterocycles. The lowest BCUT2D eigenvalue weighted by Gasteiger charge is -2.15. The fourth-order valence-electron chi connectivity index (χ4n) is 1.78. The summed E-state index contributed by atoms with van der Waals surface area (Å²) in [4.78, 5) is 11.3. The van der Waals surface area contributed by atoms with Crippen molar-refractivity contribution >= 4 is 5.97 Å². The Hall–Kier alpha value is -2.29. The molecule has 0 radical (unpaired) electrons. The normalized spacial score (nSPS) is 11.8. The summed E-state index contributed by atoms with van der Waals surface area (Å²) in [6, 6.07) is 16.8. The maximum Gasteiger partial charge on any atom is 0.345 e. The predicted octanol–water partition coefficient (Wildman–Crippen LogP) is 3.07. The molecule has 0 aliphatic rings. The second-order valence-corrected chi connectivity index (χ2v) is 4.45. The molecule has 0 amide bonds. The minimum atomic E-state index is -0.954. The van der Waals surface area contributed by atoms with Gasteiger partial charge in [-0.2, -0.15) is 0 Å². The number of rotatable bonds is 5. The Bertz CT molecular complexity index is 532. The summed E-state index contributed by atoms with van der Waals surface area (Å²) in [6.07, 6.45) is -0.519. The molecule has 0 spiro atoms. The summed E-state index contributed by atoms with van der Waals surface area (Å²) < 4.78 is 5.51. The third kappa shape index (κ3) is 3.85. The molecule has 0 aliphatic heterocycles. The van der Waals surface area contributed by atoms with Crippen molar-refractivity contribution in [1.29, 1.82) is 0 Å². The van der Waals surface area contributed by atoms with E-state index in [2.05, 4.69) is 0 Å². The van der Waals surface area contributed by atoms with Crippen molar-refractivity contribution in [3.63, 3.8) is 0 Å². The number of aliphatic carboxylic acids is 1. The van der Waals surface area contributed by atoms with Gasteiger partial charge < -0.3 is 9.84 Å². The lowest BCUT2D eigenvalue weighted by atomic mass is 10.1. The van der Waals surface area contributed by atoms with Gasteiger partial charge in [0.15, 0.2) is 6.10 Å². The number of carbonyl (C=O) groups is 1. The molecular weight excluding hydrogens is 240 g/mol. The van der Waals surface area contributed by atoms with Gasteiger partial charge in [-0.1, -0.05) is 48.0 Å². The van der Waals surface area contributed by atoms with Crippen LogP contribution in [-0.4, -0.2) is 17.2 Å². The van der Waals surface area contributed by atoms with Crippen LogP contribution in [0.4, 0.5) is 0 Å². The summed E-state index contributed by atoms with van der Waals surface area (Å²) in [7, 11) is 0. The number of hydrogen-bond donors (Lipinski definition) is 1. The number of carboxylic acids is 1. The molecule has 2 aromatic rings. The van der Waals surface area contributed by atoms with E-state index in [-0.39, 0.29) is 0 Å². The Labute approximate surface area is 112 Å². The van der Waals surface area contributed by atoms with E-state index in [1.807, 2.05) is 49.4 Å². The second-order valence-electron chi connectivity index (χ2n) is 4.45. The van der Waals surface area contributed by atoms with Gasteiger partial charge in [-0.3, -0.25) is 0 Å². The van der Waals surface area contributed by atoms with Gasteiger partial charge >= 0.3 is 5.97 Å². The van der Waals surface area contributed by atoms with Crippen LogP contribution < -0.4 is 4.74 Å². The molecule has 0 heterocycles. The zero-order valence-electron chi connectivity index (χ0n) is 10.7. The van der Waals surface area contributed by atoms with Gasteiger partial charge in [0.2, 0.25) is 0 Å². The number of ether oxygens (including phenoxy) is 1. The first-order chi connectivity index (χ1) is 9.15. The Morgan fingerprint density at radius 1 is 1.11 bits per heavy atom. The summed E-state index contributed by atoms with van der Waals surface area (Å²) in [5.41, 5.74) is 2.11. The molecule has 1 N–H and O–H groups in total. The molecule has 0 aliphatic carbocycles. The van der Waals surface area contributed by atoms with Crippen molar-refractivity contribution in [2.75, 3.05) is 0 Å². The highest BCUT2D eigenvalue weighted by atomic mass is 16.5. The molecule has 3 nitrogen and oxygen atoms in total. The topological polar surface area (TPSA) is 46.5 Å². The minimum Gasteiger partial charge on any atom is -0.478 e. The Kier molecular flexibility index (Phi) is 4.18. The molecule has 0 saturated carbocycles. The summed E-state index contributed by atoms with van der Waals surface area (Å²) in [5.74, 6) is -0.383. The van der Waals surface area contributed by atoms with Crippen LogP contribution >= 0.6 is 0 Å². The smallest absolute Gasteiger partial charge is 0.345 e. The first-order valence-electron chi connectivity index (χ1n) is 6.15. The van der Waals surface area contributed by atoms with Crippen molar-refractivity contribution < 1.29 is 14.6 Å². The van der Waals surface area contributed by atoms with Crippen LogP contribution in [0.5, 0.6) is 5.75 Å². The number of carboxylic acid groups (broad SMARTS) is 1. The second kappa shape index (κ2) is 6.05. The molecule has 2 aromatic carbocycles. The van der Waals surface area contributed by atoms with E-state index in [0.717, 1.165) is 11.1 Å². The number of hydrogen-bond acceptors (Lipinski definition) is 2.